The summed E-state index contributed by atoms with van der Waals surface area (Å²) in [5.41, 5.74) is -1.08. The summed E-state index contributed by atoms with van der Waals surface area (Å²) in [7, 11) is 0. The molecule has 0 radical (unpaired) electrons. The van der Waals surface area contributed by atoms with Crippen molar-refractivity contribution in [1.82, 2.24) is 0 Å². The number of Topliss-reactive ketones (excluding diaryl/α,β-unsaturated/α-hetero) is 1. The van der Waals surface area contributed by atoms with Gasteiger partial charge in [0.1, 0.15) is 5.60 Å². The van der Waals surface area contributed by atoms with Crippen LogP contribution in [0.25, 0.3) is 0 Å². The summed E-state index contributed by atoms with van der Waals surface area (Å²) in [6.07, 6.45) is 12.0. The molecule has 0 heterocycles. The number of aliphatic hydroxyl groups is 1. The molecule has 4 saturated carbocycles. The van der Waals surface area contributed by atoms with Crippen molar-refractivity contribution in [3.63, 3.8) is 0 Å². The molecule has 0 aromatic rings. The highest BCUT2D eigenvalue weighted by Gasteiger charge is 2.67. The van der Waals surface area contributed by atoms with Crippen LogP contribution < -0.4 is 0 Å². The smallest absolute Gasteiger partial charge is 0.165 e. The van der Waals surface area contributed by atoms with Gasteiger partial charge in [0, 0.05) is 23.6 Å². The van der Waals surface area contributed by atoms with Gasteiger partial charge in [-0.15, -0.1) is 11.6 Å². The molecule has 4 aliphatic rings. The quantitative estimate of drug-likeness (QED) is 0.470. The summed E-state index contributed by atoms with van der Waals surface area (Å²) in [4.78, 5) is 13.4. The molecule has 3 heteroatoms. The second-order valence-electron chi connectivity index (χ2n) is 12.7. The van der Waals surface area contributed by atoms with Crippen LogP contribution in [0, 0.1) is 46.3 Å². The minimum atomic E-state index is -1.19. The van der Waals surface area contributed by atoms with Crippen molar-refractivity contribution in [2.75, 3.05) is 0 Å². The SMILES string of the molecule is CC(C)CCC[C@@H](C)[C@H]1CC[C@H]2[C@@H]3CC(=O)[C@@]4(O)CC(Cl)CC[C@]4(C)[C@H]3CC[C@]12C. The van der Waals surface area contributed by atoms with Crippen molar-refractivity contribution in [1.29, 1.82) is 0 Å². The number of fused-ring (bicyclic) bond motifs is 5. The van der Waals surface area contributed by atoms with Gasteiger partial charge in [0.2, 0.25) is 0 Å². The van der Waals surface area contributed by atoms with Gasteiger partial charge in [-0.2, -0.15) is 0 Å². The van der Waals surface area contributed by atoms with E-state index in [0.29, 0.717) is 36.0 Å². The number of alkyl halides is 1. The number of carbonyl (C=O) groups is 1. The van der Waals surface area contributed by atoms with Crippen molar-refractivity contribution in [3.05, 3.63) is 0 Å². The minimum Gasteiger partial charge on any atom is -0.381 e. The van der Waals surface area contributed by atoms with E-state index in [1.807, 2.05) is 0 Å². The fraction of sp³-hybridized carbons (Fsp3) is 0.963. The van der Waals surface area contributed by atoms with E-state index in [2.05, 4.69) is 34.6 Å². The molecule has 4 fully saturated rings. The van der Waals surface area contributed by atoms with Gasteiger partial charge in [-0.05, 0) is 79.4 Å². The molecule has 0 saturated heterocycles. The standard InChI is InChI=1S/C27H45ClO2/c1-17(2)7-6-8-18(3)21-9-10-22-20-15-24(29)27(30)16-19(28)11-14-26(27,5)23(20)12-13-25(21,22)4/h17-23,30H,6-16H2,1-5H3/t18-,19?,20+,21-,22+,23+,25-,26-,27+/m1/s1. The van der Waals surface area contributed by atoms with Gasteiger partial charge in [0.15, 0.2) is 5.78 Å². The van der Waals surface area contributed by atoms with Gasteiger partial charge in [-0.25, -0.2) is 0 Å². The van der Waals surface area contributed by atoms with Crippen LogP contribution in [0.3, 0.4) is 0 Å². The summed E-state index contributed by atoms with van der Waals surface area (Å²) in [5, 5.41) is 11.5. The average molecular weight is 437 g/mol. The molecule has 0 bridgehead atoms. The largest absolute Gasteiger partial charge is 0.381 e. The summed E-state index contributed by atoms with van der Waals surface area (Å²) in [6.45, 7) is 12.0. The van der Waals surface area contributed by atoms with E-state index in [1.165, 1.54) is 44.9 Å². The second kappa shape index (κ2) is 8.05. The first kappa shape index (κ1) is 23.1. The maximum Gasteiger partial charge on any atom is 0.165 e. The van der Waals surface area contributed by atoms with Crippen molar-refractivity contribution in [2.24, 2.45) is 46.3 Å². The molecular formula is C27H45ClO2. The van der Waals surface area contributed by atoms with Gasteiger partial charge in [-0.1, -0.05) is 53.9 Å². The summed E-state index contributed by atoms with van der Waals surface area (Å²) in [6, 6.07) is 0. The Labute approximate surface area is 189 Å². The predicted molar refractivity (Wildman–Crippen MR) is 125 cm³/mol. The van der Waals surface area contributed by atoms with Gasteiger partial charge < -0.3 is 5.11 Å². The Morgan fingerprint density at radius 1 is 1.03 bits per heavy atom. The first-order chi connectivity index (χ1) is 14.0. The molecule has 30 heavy (non-hydrogen) atoms. The van der Waals surface area contributed by atoms with Gasteiger partial charge in [0.05, 0.1) is 0 Å². The van der Waals surface area contributed by atoms with Crippen molar-refractivity contribution >= 4 is 17.4 Å². The van der Waals surface area contributed by atoms with E-state index in [4.69, 9.17) is 11.6 Å². The Balaban J connectivity index is 1.54. The first-order valence-corrected chi connectivity index (χ1v) is 13.4. The number of ketones is 1. The number of carbonyl (C=O) groups excluding carboxylic acids is 1. The Morgan fingerprint density at radius 2 is 1.77 bits per heavy atom. The Hall–Kier alpha value is -0.0800. The number of rotatable bonds is 5. The molecule has 172 valence electrons. The lowest BCUT2D eigenvalue weighted by atomic mass is 9.43. The predicted octanol–water partition coefficient (Wildman–Crippen LogP) is 7.01. The van der Waals surface area contributed by atoms with Crippen molar-refractivity contribution < 1.29 is 9.90 Å². The van der Waals surface area contributed by atoms with Crippen molar-refractivity contribution in [3.8, 4) is 0 Å². The maximum atomic E-state index is 13.4. The zero-order chi connectivity index (χ0) is 21.9. The molecule has 0 aliphatic heterocycles. The molecule has 1 unspecified atom stereocenters. The van der Waals surface area contributed by atoms with Crippen LogP contribution >= 0.6 is 11.6 Å². The number of halogens is 1. The summed E-state index contributed by atoms with van der Waals surface area (Å²) in [5.74, 6) is 4.11. The van der Waals surface area contributed by atoms with Crippen LogP contribution in [0.1, 0.15) is 105 Å². The molecule has 1 N–H and O–H groups in total. The van der Waals surface area contributed by atoms with Crippen LogP contribution in [-0.2, 0) is 4.79 Å². The highest BCUT2D eigenvalue weighted by Crippen LogP contribution is 2.68. The number of hydrogen-bond donors (Lipinski definition) is 1. The maximum absolute atomic E-state index is 13.4. The molecule has 4 aliphatic carbocycles. The van der Waals surface area contributed by atoms with Crippen molar-refractivity contribution in [2.45, 2.75) is 116 Å². The second-order valence-corrected chi connectivity index (χ2v) is 13.3. The van der Waals surface area contributed by atoms with E-state index in [9.17, 15) is 9.90 Å². The lowest BCUT2D eigenvalue weighted by Gasteiger charge is -2.63. The number of hydrogen-bond acceptors (Lipinski definition) is 2. The molecule has 0 aromatic carbocycles. The third-order valence-corrected chi connectivity index (χ3v) is 11.2. The molecule has 2 nitrogen and oxygen atoms in total. The Bertz CT molecular complexity index is 661. The van der Waals surface area contributed by atoms with Crippen LogP contribution in [0.2, 0.25) is 0 Å². The first-order valence-electron chi connectivity index (χ1n) is 12.9. The molecule has 4 rings (SSSR count). The monoisotopic (exact) mass is 436 g/mol. The highest BCUT2D eigenvalue weighted by molar-refractivity contribution is 6.21. The third-order valence-electron chi connectivity index (χ3n) is 10.8. The zero-order valence-electron chi connectivity index (χ0n) is 20.1. The molecule has 9 atom stereocenters. The van der Waals surface area contributed by atoms with E-state index >= 15 is 0 Å². The zero-order valence-corrected chi connectivity index (χ0v) is 20.8. The highest BCUT2D eigenvalue weighted by atomic mass is 35.5. The van der Waals surface area contributed by atoms with Crippen LogP contribution in [0.4, 0.5) is 0 Å². The van der Waals surface area contributed by atoms with E-state index in [-0.39, 0.29) is 16.6 Å². The van der Waals surface area contributed by atoms with E-state index in [1.54, 1.807) is 0 Å². The molecule has 0 aromatic heterocycles. The summed E-state index contributed by atoms with van der Waals surface area (Å²) >= 11 is 6.44. The summed E-state index contributed by atoms with van der Waals surface area (Å²) < 4.78 is 0. The normalized spacial score (nSPS) is 49.5. The van der Waals surface area contributed by atoms with E-state index in [0.717, 1.165) is 30.6 Å². The lowest BCUT2D eigenvalue weighted by Crippen LogP contribution is -2.66. The van der Waals surface area contributed by atoms with Crippen LogP contribution in [0.15, 0.2) is 0 Å². The molecule has 0 amide bonds. The van der Waals surface area contributed by atoms with Crippen LogP contribution in [0.5, 0.6) is 0 Å². The lowest BCUT2D eigenvalue weighted by molar-refractivity contribution is -0.202. The Morgan fingerprint density at radius 3 is 2.47 bits per heavy atom. The van der Waals surface area contributed by atoms with Gasteiger partial charge in [0.25, 0.3) is 0 Å². The average Bonchev–Trinajstić information content (AvgIpc) is 3.01. The Kier molecular flexibility index (Phi) is 6.20. The molecular weight excluding hydrogens is 392 g/mol. The topological polar surface area (TPSA) is 37.3 Å². The van der Waals surface area contributed by atoms with Gasteiger partial charge in [-0.3, -0.25) is 4.79 Å². The molecule has 0 spiro atoms. The minimum absolute atomic E-state index is 0.0556. The van der Waals surface area contributed by atoms with Gasteiger partial charge >= 0.3 is 0 Å². The fourth-order valence-electron chi connectivity index (χ4n) is 9.01. The van der Waals surface area contributed by atoms with Crippen LogP contribution in [-0.4, -0.2) is 21.9 Å². The third kappa shape index (κ3) is 3.42. The van der Waals surface area contributed by atoms with E-state index < -0.39 is 5.60 Å². The fourth-order valence-corrected chi connectivity index (χ4v) is 9.35.